The Bertz CT molecular complexity index is 307. The van der Waals surface area contributed by atoms with Crippen molar-refractivity contribution in [2.75, 3.05) is 26.2 Å². The van der Waals surface area contributed by atoms with Crippen LogP contribution in [0.4, 0.5) is 0 Å². The van der Waals surface area contributed by atoms with E-state index in [1.54, 1.807) is 0 Å². The van der Waals surface area contributed by atoms with Gasteiger partial charge in [-0.1, -0.05) is 13.8 Å². The number of amides is 2. The van der Waals surface area contributed by atoms with Crippen molar-refractivity contribution in [1.82, 2.24) is 10.2 Å². The third kappa shape index (κ3) is 5.19. The monoisotopic (exact) mass is 269 g/mol. The molecule has 0 aliphatic carbocycles. The molecule has 5 nitrogen and oxygen atoms in total. The largest absolute Gasteiger partial charge is 0.355 e. The summed E-state index contributed by atoms with van der Waals surface area (Å²) in [5.41, 5.74) is 5.53. The van der Waals surface area contributed by atoms with Gasteiger partial charge >= 0.3 is 0 Å². The molecule has 2 atom stereocenters. The lowest BCUT2D eigenvalue weighted by atomic mass is 9.96. The van der Waals surface area contributed by atoms with Gasteiger partial charge in [0.2, 0.25) is 11.8 Å². The minimum absolute atomic E-state index is 0.0560. The highest BCUT2D eigenvalue weighted by atomic mass is 16.2. The van der Waals surface area contributed by atoms with Crippen LogP contribution in [0.3, 0.4) is 0 Å². The number of rotatable bonds is 6. The third-order valence-corrected chi connectivity index (χ3v) is 3.64. The van der Waals surface area contributed by atoms with Crippen molar-refractivity contribution in [3.05, 3.63) is 0 Å². The minimum atomic E-state index is -0.0560. The van der Waals surface area contributed by atoms with E-state index in [9.17, 15) is 9.59 Å². The van der Waals surface area contributed by atoms with Gasteiger partial charge in [-0.15, -0.1) is 0 Å². The number of carbonyl (C=O) groups excluding carboxylic acids is 2. The van der Waals surface area contributed by atoms with E-state index < -0.39 is 0 Å². The molecule has 110 valence electrons. The fourth-order valence-corrected chi connectivity index (χ4v) is 2.29. The number of nitrogens with zero attached hydrogens (tertiary/aromatic N) is 1. The maximum Gasteiger partial charge on any atom is 0.224 e. The van der Waals surface area contributed by atoms with Crippen molar-refractivity contribution in [3.8, 4) is 0 Å². The summed E-state index contributed by atoms with van der Waals surface area (Å²) in [6.45, 7) is 6.57. The zero-order chi connectivity index (χ0) is 14.3. The average Bonchev–Trinajstić information content (AvgIpc) is 2.44. The molecule has 0 saturated carbocycles. The van der Waals surface area contributed by atoms with Crippen LogP contribution in [0.5, 0.6) is 0 Å². The lowest BCUT2D eigenvalue weighted by molar-refractivity contribution is -0.135. The normalized spacial score (nSPS) is 21.0. The Hall–Kier alpha value is -1.10. The van der Waals surface area contributed by atoms with E-state index in [-0.39, 0.29) is 17.7 Å². The highest BCUT2D eigenvalue weighted by Gasteiger charge is 2.27. The van der Waals surface area contributed by atoms with E-state index in [1.807, 2.05) is 18.7 Å². The fourth-order valence-electron chi connectivity index (χ4n) is 2.29. The number of carbonyl (C=O) groups is 2. The van der Waals surface area contributed by atoms with E-state index in [0.717, 1.165) is 25.8 Å². The van der Waals surface area contributed by atoms with Gasteiger partial charge in [-0.3, -0.25) is 9.59 Å². The van der Waals surface area contributed by atoms with E-state index in [1.165, 1.54) is 0 Å². The molecule has 1 fully saturated rings. The maximum absolute atomic E-state index is 12.1. The van der Waals surface area contributed by atoms with Gasteiger partial charge in [0.1, 0.15) is 0 Å². The molecule has 0 bridgehead atoms. The van der Waals surface area contributed by atoms with E-state index in [4.69, 9.17) is 5.73 Å². The van der Waals surface area contributed by atoms with Gasteiger partial charge in [0.25, 0.3) is 0 Å². The van der Waals surface area contributed by atoms with Crippen LogP contribution in [-0.2, 0) is 9.59 Å². The second kappa shape index (κ2) is 8.15. The highest BCUT2D eigenvalue weighted by Crippen LogP contribution is 2.17. The summed E-state index contributed by atoms with van der Waals surface area (Å²) in [5.74, 6) is 0.481. The molecule has 0 spiro atoms. The standard InChI is InChI=1S/C14H27N3O2/c1-3-5-13(18)17-7-4-6-12(10-17)14(19)16-9-11(2)8-15/h11-12H,3-10,15H2,1-2H3,(H,16,19). The molecule has 0 aromatic heterocycles. The van der Waals surface area contributed by atoms with Crippen LogP contribution in [0.25, 0.3) is 0 Å². The predicted octanol–water partition coefficient (Wildman–Crippen LogP) is 0.736. The number of nitrogens with two attached hydrogens (primary N) is 1. The average molecular weight is 269 g/mol. The number of hydrogen-bond acceptors (Lipinski definition) is 3. The number of piperidine rings is 1. The summed E-state index contributed by atoms with van der Waals surface area (Å²) in [7, 11) is 0. The number of nitrogens with one attached hydrogen (secondary N) is 1. The van der Waals surface area contributed by atoms with Crippen molar-refractivity contribution < 1.29 is 9.59 Å². The summed E-state index contributed by atoms with van der Waals surface area (Å²) in [6, 6.07) is 0. The molecule has 0 aromatic rings. The maximum atomic E-state index is 12.1. The van der Waals surface area contributed by atoms with Gasteiger partial charge < -0.3 is 16.0 Å². The van der Waals surface area contributed by atoms with Crippen molar-refractivity contribution in [2.45, 2.75) is 39.5 Å². The Morgan fingerprint density at radius 2 is 2.21 bits per heavy atom. The van der Waals surface area contributed by atoms with Gasteiger partial charge in [-0.25, -0.2) is 0 Å². The summed E-state index contributed by atoms with van der Waals surface area (Å²) in [6.07, 6.45) is 3.23. The first-order valence-corrected chi connectivity index (χ1v) is 7.34. The lowest BCUT2D eigenvalue weighted by Gasteiger charge is -2.32. The quantitative estimate of drug-likeness (QED) is 0.746. The molecule has 1 rings (SSSR count). The van der Waals surface area contributed by atoms with Gasteiger partial charge in [0, 0.05) is 26.1 Å². The van der Waals surface area contributed by atoms with Crippen LogP contribution in [0, 0.1) is 11.8 Å². The molecule has 2 amide bonds. The Kier molecular flexibility index (Phi) is 6.84. The van der Waals surface area contributed by atoms with Crippen LogP contribution < -0.4 is 11.1 Å². The molecular weight excluding hydrogens is 242 g/mol. The van der Waals surface area contributed by atoms with Crippen molar-refractivity contribution in [2.24, 2.45) is 17.6 Å². The minimum Gasteiger partial charge on any atom is -0.355 e. The van der Waals surface area contributed by atoms with Gasteiger partial charge in [-0.05, 0) is 31.7 Å². The molecule has 1 saturated heterocycles. The molecule has 0 aromatic carbocycles. The summed E-state index contributed by atoms with van der Waals surface area (Å²) in [5, 5.41) is 2.94. The van der Waals surface area contributed by atoms with E-state index in [2.05, 4.69) is 5.32 Å². The second-order valence-corrected chi connectivity index (χ2v) is 5.51. The molecule has 1 heterocycles. The first-order valence-electron chi connectivity index (χ1n) is 7.34. The Morgan fingerprint density at radius 3 is 2.84 bits per heavy atom. The highest BCUT2D eigenvalue weighted by molar-refractivity contribution is 5.81. The van der Waals surface area contributed by atoms with Gasteiger partial charge in [0.05, 0.1) is 5.92 Å². The lowest BCUT2D eigenvalue weighted by Crippen LogP contribution is -2.46. The predicted molar refractivity (Wildman–Crippen MR) is 75.4 cm³/mol. The van der Waals surface area contributed by atoms with Crippen LogP contribution in [0.1, 0.15) is 39.5 Å². The van der Waals surface area contributed by atoms with Crippen LogP contribution in [-0.4, -0.2) is 42.9 Å². The third-order valence-electron chi connectivity index (χ3n) is 3.64. The molecular formula is C14H27N3O2. The Morgan fingerprint density at radius 1 is 1.47 bits per heavy atom. The number of likely N-dealkylation sites (tertiary alicyclic amines) is 1. The topological polar surface area (TPSA) is 75.4 Å². The SMILES string of the molecule is CCCC(=O)N1CCCC(C(=O)NCC(C)CN)C1. The number of hydrogen-bond donors (Lipinski definition) is 2. The molecule has 1 aliphatic rings. The van der Waals surface area contributed by atoms with Gasteiger partial charge in [0.15, 0.2) is 0 Å². The van der Waals surface area contributed by atoms with Crippen LogP contribution >= 0.6 is 0 Å². The van der Waals surface area contributed by atoms with Crippen LogP contribution in [0.2, 0.25) is 0 Å². The van der Waals surface area contributed by atoms with Crippen molar-refractivity contribution in [1.29, 1.82) is 0 Å². The van der Waals surface area contributed by atoms with Crippen molar-refractivity contribution >= 4 is 11.8 Å². The Labute approximate surface area is 115 Å². The molecule has 5 heteroatoms. The zero-order valence-corrected chi connectivity index (χ0v) is 12.2. The first-order chi connectivity index (χ1) is 9.08. The van der Waals surface area contributed by atoms with Crippen LogP contribution in [0.15, 0.2) is 0 Å². The molecule has 2 unspecified atom stereocenters. The summed E-state index contributed by atoms with van der Waals surface area (Å²) < 4.78 is 0. The summed E-state index contributed by atoms with van der Waals surface area (Å²) in [4.78, 5) is 25.7. The smallest absolute Gasteiger partial charge is 0.224 e. The fraction of sp³-hybridized carbons (Fsp3) is 0.857. The second-order valence-electron chi connectivity index (χ2n) is 5.51. The molecule has 0 radical (unpaired) electrons. The molecule has 3 N–H and O–H groups in total. The van der Waals surface area contributed by atoms with E-state index in [0.29, 0.717) is 32.0 Å². The van der Waals surface area contributed by atoms with Crippen molar-refractivity contribution in [3.63, 3.8) is 0 Å². The van der Waals surface area contributed by atoms with Gasteiger partial charge in [-0.2, -0.15) is 0 Å². The Balaban J connectivity index is 2.41. The van der Waals surface area contributed by atoms with E-state index >= 15 is 0 Å². The summed E-state index contributed by atoms with van der Waals surface area (Å²) >= 11 is 0. The molecule has 1 aliphatic heterocycles. The first kappa shape index (κ1) is 16.0. The zero-order valence-electron chi connectivity index (χ0n) is 12.2. The molecule has 19 heavy (non-hydrogen) atoms.